The predicted octanol–water partition coefficient (Wildman–Crippen LogP) is 4.88. The van der Waals surface area contributed by atoms with Crippen molar-refractivity contribution in [2.75, 3.05) is 6.54 Å². The van der Waals surface area contributed by atoms with Crippen LogP contribution in [-0.2, 0) is 0 Å². The Labute approximate surface area is 124 Å². The zero-order chi connectivity index (χ0) is 14.5. The second kappa shape index (κ2) is 6.87. The average molecular weight is 292 g/mol. The molecule has 0 bridgehead atoms. The van der Waals surface area contributed by atoms with Gasteiger partial charge in [-0.05, 0) is 37.6 Å². The summed E-state index contributed by atoms with van der Waals surface area (Å²) in [5, 5.41) is 3.84. The van der Waals surface area contributed by atoms with Gasteiger partial charge in [0.2, 0.25) is 0 Å². The van der Waals surface area contributed by atoms with Crippen molar-refractivity contribution in [1.82, 2.24) is 5.32 Å². The molecule has 3 heteroatoms. The van der Waals surface area contributed by atoms with E-state index in [1.165, 1.54) is 6.07 Å². The van der Waals surface area contributed by atoms with Crippen LogP contribution in [0.1, 0.15) is 36.1 Å². The molecule has 1 nitrogen and oxygen atoms in total. The van der Waals surface area contributed by atoms with Crippen LogP contribution in [0.15, 0.2) is 42.5 Å². The van der Waals surface area contributed by atoms with Crippen LogP contribution in [0.4, 0.5) is 4.39 Å². The van der Waals surface area contributed by atoms with Gasteiger partial charge in [-0.25, -0.2) is 4.39 Å². The van der Waals surface area contributed by atoms with Gasteiger partial charge < -0.3 is 5.32 Å². The molecule has 0 heterocycles. The van der Waals surface area contributed by atoms with Gasteiger partial charge in [0.25, 0.3) is 0 Å². The molecule has 0 spiro atoms. The molecule has 0 aromatic heterocycles. The molecule has 1 atom stereocenters. The average Bonchev–Trinajstić information content (AvgIpc) is 2.42. The third-order valence-corrected chi connectivity index (χ3v) is 3.59. The van der Waals surface area contributed by atoms with E-state index in [0.29, 0.717) is 10.6 Å². The van der Waals surface area contributed by atoms with Gasteiger partial charge in [-0.3, -0.25) is 0 Å². The highest BCUT2D eigenvalue weighted by Crippen LogP contribution is 2.31. The molecule has 0 amide bonds. The van der Waals surface area contributed by atoms with Crippen LogP contribution < -0.4 is 5.32 Å². The van der Waals surface area contributed by atoms with Crippen LogP contribution >= 0.6 is 11.6 Å². The molecule has 0 saturated heterocycles. The number of aryl methyl sites for hydroxylation is 1. The molecule has 2 rings (SSSR count). The lowest BCUT2D eigenvalue weighted by atomic mass is 9.96. The molecule has 0 aliphatic rings. The number of hydrogen-bond acceptors (Lipinski definition) is 1. The van der Waals surface area contributed by atoms with Gasteiger partial charge in [-0.1, -0.05) is 54.4 Å². The fraction of sp³-hybridized carbons (Fsp3) is 0.294. The van der Waals surface area contributed by atoms with E-state index >= 15 is 0 Å². The number of halogens is 2. The maximum atomic E-state index is 14.2. The molecule has 0 aliphatic heterocycles. The Morgan fingerprint density at radius 3 is 2.60 bits per heavy atom. The van der Waals surface area contributed by atoms with E-state index in [0.717, 1.165) is 24.1 Å². The Balaban J connectivity index is 2.47. The number of benzene rings is 2. The molecule has 1 unspecified atom stereocenters. The fourth-order valence-corrected chi connectivity index (χ4v) is 2.58. The van der Waals surface area contributed by atoms with Crippen molar-refractivity contribution in [2.24, 2.45) is 0 Å². The van der Waals surface area contributed by atoms with Crippen LogP contribution in [0.25, 0.3) is 0 Å². The van der Waals surface area contributed by atoms with Gasteiger partial charge in [0.15, 0.2) is 0 Å². The molecule has 0 fully saturated rings. The summed E-state index contributed by atoms with van der Waals surface area (Å²) < 4.78 is 14.2. The van der Waals surface area contributed by atoms with Crippen LogP contribution in [0.5, 0.6) is 0 Å². The third kappa shape index (κ3) is 3.38. The normalized spacial score (nSPS) is 12.4. The lowest BCUT2D eigenvalue weighted by Crippen LogP contribution is -2.24. The van der Waals surface area contributed by atoms with Crippen molar-refractivity contribution in [3.8, 4) is 0 Å². The highest BCUT2D eigenvalue weighted by molar-refractivity contribution is 6.31. The number of hydrogen-bond donors (Lipinski definition) is 1. The first-order valence-corrected chi connectivity index (χ1v) is 7.25. The minimum atomic E-state index is -0.271. The second-order valence-corrected chi connectivity index (χ2v) is 5.34. The van der Waals surface area contributed by atoms with Crippen LogP contribution in [0, 0.1) is 12.7 Å². The highest BCUT2D eigenvalue weighted by atomic mass is 35.5. The molecule has 106 valence electrons. The summed E-state index contributed by atoms with van der Waals surface area (Å²) in [4.78, 5) is 0. The third-order valence-electron chi connectivity index (χ3n) is 3.26. The number of rotatable bonds is 5. The van der Waals surface area contributed by atoms with Crippen molar-refractivity contribution in [2.45, 2.75) is 26.3 Å². The van der Waals surface area contributed by atoms with Gasteiger partial charge in [0.05, 0.1) is 6.04 Å². The summed E-state index contributed by atoms with van der Waals surface area (Å²) in [5.74, 6) is -0.271. The van der Waals surface area contributed by atoms with E-state index in [1.54, 1.807) is 12.1 Å². The minimum absolute atomic E-state index is 0.219. The van der Waals surface area contributed by atoms with Crippen LogP contribution in [-0.4, -0.2) is 6.54 Å². The van der Waals surface area contributed by atoms with Crippen molar-refractivity contribution in [3.63, 3.8) is 0 Å². The molecule has 0 aliphatic carbocycles. The van der Waals surface area contributed by atoms with Gasteiger partial charge in [-0.2, -0.15) is 0 Å². The summed E-state index contributed by atoms with van der Waals surface area (Å²) in [6, 6.07) is 12.7. The lowest BCUT2D eigenvalue weighted by molar-refractivity contribution is 0.547. The maximum Gasteiger partial charge on any atom is 0.129 e. The van der Waals surface area contributed by atoms with E-state index in [4.69, 9.17) is 11.6 Å². The summed E-state index contributed by atoms with van der Waals surface area (Å²) in [5.41, 5.74) is 2.71. The van der Waals surface area contributed by atoms with Crippen LogP contribution in [0.2, 0.25) is 5.02 Å². The quantitative estimate of drug-likeness (QED) is 0.828. The minimum Gasteiger partial charge on any atom is -0.306 e. The zero-order valence-electron chi connectivity index (χ0n) is 11.8. The van der Waals surface area contributed by atoms with E-state index in [-0.39, 0.29) is 11.9 Å². The van der Waals surface area contributed by atoms with E-state index < -0.39 is 0 Å². The van der Waals surface area contributed by atoms with Crippen molar-refractivity contribution in [1.29, 1.82) is 0 Å². The molecule has 2 aromatic rings. The topological polar surface area (TPSA) is 12.0 Å². The largest absolute Gasteiger partial charge is 0.306 e. The molecule has 0 saturated carbocycles. The number of nitrogens with one attached hydrogen (secondary N) is 1. The van der Waals surface area contributed by atoms with Crippen molar-refractivity contribution >= 4 is 11.6 Å². The molecular weight excluding hydrogens is 273 g/mol. The van der Waals surface area contributed by atoms with Crippen molar-refractivity contribution in [3.05, 3.63) is 70.0 Å². The maximum absolute atomic E-state index is 14.2. The molecular formula is C17H19ClFN. The summed E-state index contributed by atoms with van der Waals surface area (Å²) in [6.45, 7) is 4.93. The Bertz CT molecular complexity index is 563. The van der Waals surface area contributed by atoms with Crippen molar-refractivity contribution < 1.29 is 4.39 Å². The van der Waals surface area contributed by atoms with Gasteiger partial charge in [0, 0.05) is 10.6 Å². The lowest BCUT2D eigenvalue weighted by Gasteiger charge is -2.21. The standard InChI is InChI=1S/C17H19ClFN/c1-3-10-20-17(13-7-4-6-12(2)11-13)16-14(18)8-5-9-15(16)19/h4-9,11,17,20H,3,10H2,1-2H3. The van der Waals surface area contributed by atoms with Gasteiger partial charge in [-0.15, -0.1) is 0 Å². The first kappa shape index (κ1) is 15.0. The van der Waals surface area contributed by atoms with Crippen LogP contribution in [0.3, 0.4) is 0 Å². The molecule has 1 N–H and O–H groups in total. The van der Waals surface area contributed by atoms with E-state index in [1.807, 2.05) is 25.1 Å². The second-order valence-electron chi connectivity index (χ2n) is 4.94. The first-order valence-electron chi connectivity index (χ1n) is 6.87. The van der Waals surface area contributed by atoms with Gasteiger partial charge in [0.1, 0.15) is 5.82 Å². The highest BCUT2D eigenvalue weighted by Gasteiger charge is 2.20. The Kier molecular flexibility index (Phi) is 5.16. The van der Waals surface area contributed by atoms with E-state index in [9.17, 15) is 4.39 Å². The molecule has 0 radical (unpaired) electrons. The predicted molar refractivity (Wildman–Crippen MR) is 82.7 cm³/mol. The summed E-state index contributed by atoms with van der Waals surface area (Å²) in [7, 11) is 0. The molecule has 20 heavy (non-hydrogen) atoms. The Morgan fingerprint density at radius 1 is 1.20 bits per heavy atom. The fourth-order valence-electron chi connectivity index (χ4n) is 2.31. The molecule has 2 aromatic carbocycles. The smallest absolute Gasteiger partial charge is 0.129 e. The zero-order valence-corrected chi connectivity index (χ0v) is 12.5. The monoisotopic (exact) mass is 291 g/mol. The van der Waals surface area contributed by atoms with E-state index in [2.05, 4.69) is 18.3 Å². The SMILES string of the molecule is CCCNC(c1cccc(C)c1)c1c(F)cccc1Cl. The summed E-state index contributed by atoms with van der Waals surface area (Å²) in [6.07, 6.45) is 0.981. The van der Waals surface area contributed by atoms with Gasteiger partial charge >= 0.3 is 0 Å². The Morgan fingerprint density at radius 2 is 1.95 bits per heavy atom. The Hall–Kier alpha value is -1.38. The summed E-state index contributed by atoms with van der Waals surface area (Å²) >= 11 is 6.21. The first-order chi connectivity index (χ1) is 9.63.